The third-order valence-electron chi connectivity index (χ3n) is 2.77. The van der Waals surface area contributed by atoms with E-state index >= 15 is 0 Å². The number of nitriles is 1. The lowest BCUT2D eigenvalue weighted by Crippen LogP contribution is -2.06. The van der Waals surface area contributed by atoms with E-state index in [0.717, 1.165) is 6.42 Å². The summed E-state index contributed by atoms with van der Waals surface area (Å²) in [7, 11) is 0. The average Bonchev–Trinajstić information content (AvgIpc) is 2.93. The summed E-state index contributed by atoms with van der Waals surface area (Å²) in [6, 6.07) is 6.63. The second-order valence-electron chi connectivity index (χ2n) is 4.06. The van der Waals surface area contributed by atoms with E-state index in [1.54, 1.807) is 0 Å². The molecule has 16 heavy (non-hydrogen) atoms. The summed E-state index contributed by atoms with van der Waals surface area (Å²) in [5.74, 6) is 0.547. The van der Waals surface area contributed by atoms with Crippen molar-refractivity contribution < 1.29 is 4.92 Å². The Kier molecular flexibility index (Phi) is 2.49. The molecule has 0 aliphatic heterocycles. The van der Waals surface area contributed by atoms with Crippen molar-refractivity contribution in [1.82, 2.24) is 0 Å². The molecule has 1 aromatic rings. The second-order valence-corrected chi connectivity index (χ2v) is 4.06. The van der Waals surface area contributed by atoms with Crippen LogP contribution in [0.4, 0.5) is 11.4 Å². The monoisotopic (exact) mass is 217 g/mol. The van der Waals surface area contributed by atoms with E-state index in [9.17, 15) is 10.1 Å². The quantitative estimate of drug-likeness (QED) is 0.622. The minimum atomic E-state index is -0.434. The molecule has 0 radical (unpaired) electrons. The summed E-state index contributed by atoms with van der Waals surface area (Å²) in [6.07, 6.45) is 1.02. The zero-order chi connectivity index (χ0) is 11.7. The number of nitro groups is 1. The van der Waals surface area contributed by atoms with Crippen molar-refractivity contribution in [2.24, 2.45) is 5.92 Å². The van der Waals surface area contributed by atoms with Crippen LogP contribution in [0.5, 0.6) is 0 Å². The van der Waals surface area contributed by atoms with E-state index in [1.807, 2.05) is 6.07 Å². The molecule has 0 amide bonds. The van der Waals surface area contributed by atoms with Crippen LogP contribution in [0.1, 0.15) is 18.9 Å². The molecule has 1 fully saturated rings. The van der Waals surface area contributed by atoms with Crippen molar-refractivity contribution in [3.05, 3.63) is 33.9 Å². The highest BCUT2D eigenvalue weighted by Gasteiger charge is 2.33. The fraction of sp³-hybridized carbons (Fsp3) is 0.364. The third-order valence-corrected chi connectivity index (χ3v) is 2.77. The maximum Gasteiger partial charge on any atom is 0.292 e. The van der Waals surface area contributed by atoms with E-state index in [-0.39, 0.29) is 5.69 Å². The van der Waals surface area contributed by atoms with Gasteiger partial charge >= 0.3 is 0 Å². The molecule has 5 nitrogen and oxygen atoms in total. The topological polar surface area (TPSA) is 79.0 Å². The molecule has 82 valence electrons. The number of anilines is 1. The van der Waals surface area contributed by atoms with Crippen LogP contribution in [-0.2, 0) is 0 Å². The fourth-order valence-electron chi connectivity index (χ4n) is 1.60. The van der Waals surface area contributed by atoms with Crippen LogP contribution >= 0.6 is 0 Å². The molecule has 1 aliphatic carbocycles. The SMILES string of the molecule is CC1CC1Nc1cc(C#N)ccc1[N+](=O)[O-]. The Morgan fingerprint density at radius 3 is 2.81 bits per heavy atom. The van der Waals surface area contributed by atoms with Crippen molar-refractivity contribution >= 4 is 11.4 Å². The smallest absolute Gasteiger partial charge is 0.292 e. The molecule has 0 spiro atoms. The van der Waals surface area contributed by atoms with Crippen LogP contribution in [-0.4, -0.2) is 11.0 Å². The first-order chi connectivity index (χ1) is 7.61. The van der Waals surface area contributed by atoms with E-state index in [0.29, 0.717) is 23.2 Å². The average molecular weight is 217 g/mol. The molecule has 0 bridgehead atoms. The molecular weight excluding hydrogens is 206 g/mol. The van der Waals surface area contributed by atoms with Gasteiger partial charge in [-0.1, -0.05) is 6.92 Å². The highest BCUT2D eigenvalue weighted by atomic mass is 16.6. The molecular formula is C11H11N3O2. The predicted octanol–water partition coefficient (Wildman–Crippen LogP) is 2.29. The minimum absolute atomic E-state index is 0.0260. The van der Waals surface area contributed by atoms with Gasteiger partial charge in [-0.25, -0.2) is 0 Å². The molecule has 0 saturated heterocycles. The number of nitrogens with zero attached hydrogens (tertiary/aromatic N) is 2. The fourth-order valence-corrected chi connectivity index (χ4v) is 1.60. The van der Waals surface area contributed by atoms with Gasteiger partial charge in [0.15, 0.2) is 0 Å². The van der Waals surface area contributed by atoms with Crippen LogP contribution in [0.3, 0.4) is 0 Å². The number of hydrogen-bond donors (Lipinski definition) is 1. The maximum atomic E-state index is 10.8. The Balaban J connectivity index is 2.31. The third kappa shape index (κ3) is 1.96. The van der Waals surface area contributed by atoms with Crippen molar-refractivity contribution in [2.45, 2.75) is 19.4 Å². The lowest BCUT2D eigenvalue weighted by molar-refractivity contribution is -0.384. The first-order valence-corrected chi connectivity index (χ1v) is 5.07. The van der Waals surface area contributed by atoms with Crippen molar-refractivity contribution in [1.29, 1.82) is 5.26 Å². The summed E-state index contributed by atoms with van der Waals surface area (Å²) in [6.45, 7) is 2.08. The van der Waals surface area contributed by atoms with Crippen molar-refractivity contribution in [3.8, 4) is 6.07 Å². The molecule has 2 atom stereocenters. The zero-order valence-electron chi connectivity index (χ0n) is 8.80. The van der Waals surface area contributed by atoms with Gasteiger partial charge in [-0.05, 0) is 24.5 Å². The summed E-state index contributed by atoms with van der Waals surface area (Å²) >= 11 is 0. The molecule has 0 heterocycles. The van der Waals surface area contributed by atoms with Crippen molar-refractivity contribution in [3.63, 3.8) is 0 Å². The number of nitro benzene ring substituents is 1. The van der Waals surface area contributed by atoms with Gasteiger partial charge in [-0.2, -0.15) is 5.26 Å². The predicted molar refractivity (Wildman–Crippen MR) is 59.0 cm³/mol. The molecule has 5 heteroatoms. The number of hydrogen-bond acceptors (Lipinski definition) is 4. The van der Waals surface area contributed by atoms with Gasteiger partial charge in [-0.3, -0.25) is 10.1 Å². The first kappa shape index (κ1) is 10.4. The minimum Gasteiger partial charge on any atom is -0.376 e. The Morgan fingerprint density at radius 2 is 2.31 bits per heavy atom. The molecule has 0 aromatic heterocycles. The summed E-state index contributed by atoms with van der Waals surface area (Å²) in [4.78, 5) is 10.4. The van der Waals surface area contributed by atoms with E-state index < -0.39 is 4.92 Å². The second kappa shape index (κ2) is 3.81. The lowest BCUT2D eigenvalue weighted by atomic mass is 10.2. The van der Waals surface area contributed by atoms with Gasteiger partial charge in [0.05, 0.1) is 16.6 Å². The summed E-state index contributed by atoms with van der Waals surface area (Å²) < 4.78 is 0. The van der Waals surface area contributed by atoms with E-state index in [1.165, 1.54) is 18.2 Å². The molecule has 1 saturated carbocycles. The van der Waals surface area contributed by atoms with Gasteiger partial charge in [0.25, 0.3) is 5.69 Å². The standard InChI is InChI=1S/C11H11N3O2/c1-7-4-9(7)13-10-5-8(6-12)2-3-11(10)14(15)16/h2-3,5,7,9,13H,4H2,1H3. The summed E-state index contributed by atoms with van der Waals surface area (Å²) in [5.41, 5.74) is 0.901. The highest BCUT2D eigenvalue weighted by molar-refractivity contribution is 5.65. The lowest BCUT2D eigenvalue weighted by Gasteiger charge is -2.06. The van der Waals surface area contributed by atoms with Gasteiger partial charge in [-0.15, -0.1) is 0 Å². The summed E-state index contributed by atoms with van der Waals surface area (Å²) in [5, 5.41) is 22.6. The maximum absolute atomic E-state index is 10.8. The molecule has 1 aliphatic rings. The van der Waals surface area contributed by atoms with Gasteiger partial charge in [0.1, 0.15) is 5.69 Å². The normalized spacial score (nSPS) is 22.2. The molecule has 1 N–H and O–H groups in total. The number of rotatable bonds is 3. The van der Waals surface area contributed by atoms with Crippen LogP contribution < -0.4 is 5.32 Å². The Bertz CT molecular complexity index is 479. The van der Waals surface area contributed by atoms with Gasteiger partial charge in [0, 0.05) is 12.1 Å². The number of benzene rings is 1. The van der Waals surface area contributed by atoms with E-state index in [4.69, 9.17) is 5.26 Å². The van der Waals surface area contributed by atoms with Crippen LogP contribution in [0.15, 0.2) is 18.2 Å². The first-order valence-electron chi connectivity index (χ1n) is 5.07. The Labute approximate surface area is 92.8 Å². The largest absolute Gasteiger partial charge is 0.376 e. The Hall–Kier alpha value is -2.09. The van der Waals surface area contributed by atoms with Crippen molar-refractivity contribution in [2.75, 3.05) is 5.32 Å². The van der Waals surface area contributed by atoms with Crippen LogP contribution in [0.25, 0.3) is 0 Å². The van der Waals surface area contributed by atoms with Crippen LogP contribution in [0.2, 0.25) is 0 Å². The van der Waals surface area contributed by atoms with Crippen LogP contribution in [0, 0.1) is 27.4 Å². The molecule has 2 unspecified atom stereocenters. The molecule has 1 aromatic carbocycles. The van der Waals surface area contributed by atoms with Gasteiger partial charge in [0.2, 0.25) is 0 Å². The Morgan fingerprint density at radius 1 is 1.62 bits per heavy atom. The number of nitrogens with one attached hydrogen (secondary N) is 1. The van der Waals surface area contributed by atoms with Gasteiger partial charge < -0.3 is 5.32 Å². The van der Waals surface area contributed by atoms with E-state index in [2.05, 4.69) is 12.2 Å². The highest BCUT2D eigenvalue weighted by Crippen LogP contribution is 2.35. The zero-order valence-corrected chi connectivity index (χ0v) is 8.80. The molecule has 2 rings (SSSR count).